The van der Waals surface area contributed by atoms with Gasteiger partial charge in [-0.2, -0.15) is 12.6 Å². The summed E-state index contributed by atoms with van der Waals surface area (Å²) in [5.41, 5.74) is 0.953. The predicted octanol–water partition coefficient (Wildman–Crippen LogP) is 6.27. The number of phenols is 1. The maximum atomic E-state index is 14.0. The van der Waals surface area contributed by atoms with Crippen molar-refractivity contribution in [3.8, 4) is 5.75 Å². The molecule has 2 rings (SSSR count). The Morgan fingerprint density at radius 1 is 1.08 bits per heavy atom. The zero-order valence-electron chi connectivity index (χ0n) is 23.3. The van der Waals surface area contributed by atoms with E-state index in [0.29, 0.717) is 22.7 Å². The lowest BCUT2D eigenvalue weighted by Crippen LogP contribution is -2.53. The smallest absolute Gasteiger partial charge is 0.408 e. The van der Waals surface area contributed by atoms with Gasteiger partial charge in [-0.05, 0) is 63.4 Å². The molecule has 0 aliphatic rings. The Morgan fingerprint density at radius 2 is 1.74 bits per heavy atom. The molecule has 0 fully saturated rings. The molecule has 39 heavy (non-hydrogen) atoms. The molecular formula is C29H40ClN3O5S. The van der Waals surface area contributed by atoms with E-state index < -0.39 is 35.6 Å². The number of hydrogen-bond acceptors (Lipinski definition) is 6. The minimum Gasteiger partial charge on any atom is -0.508 e. The molecule has 2 atom stereocenters. The first-order valence-corrected chi connectivity index (χ1v) is 14.1. The van der Waals surface area contributed by atoms with Crippen molar-refractivity contribution in [1.82, 2.24) is 10.2 Å². The van der Waals surface area contributed by atoms with Gasteiger partial charge in [0.15, 0.2) is 0 Å². The van der Waals surface area contributed by atoms with E-state index in [4.69, 9.17) is 16.3 Å². The summed E-state index contributed by atoms with van der Waals surface area (Å²) in [7, 11) is 0. The Morgan fingerprint density at radius 3 is 2.31 bits per heavy atom. The zero-order chi connectivity index (χ0) is 29.2. The van der Waals surface area contributed by atoms with E-state index in [2.05, 4.69) is 30.2 Å². The molecule has 0 saturated carbocycles. The lowest BCUT2D eigenvalue weighted by atomic mass is 10.0. The molecule has 0 spiro atoms. The highest BCUT2D eigenvalue weighted by Crippen LogP contribution is 2.30. The quantitative estimate of drug-likeness (QED) is 0.176. The number of nitrogens with zero attached hydrogens (tertiary/aromatic N) is 1. The van der Waals surface area contributed by atoms with E-state index in [1.165, 1.54) is 17.0 Å². The van der Waals surface area contributed by atoms with Crippen LogP contribution in [0.1, 0.15) is 70.5 Å². The number of amides is 3. The third-order valence-electron chi connectivity index (χ3n) is 5.95. The molecule has 3 amide bonds. The van der Waals surface area contributed by atoms with Gasteiger partial charge in [0.2, 0.25) is 5.91 Å². The summed E-state index contributed by atoms with van der Waals surface area (Å²) in [6, 6.07) is 9.30. The number of halogens is 1. The molecule has 2 aromatic rings. The van der Waals surface area contributed by atoms with Crippen LogP contribution in [0.25, 0.3) is 0 Å². The van der Waals surface area contributed by atoms with Crippen LogP contribution in [-0.2, 0) is 14.3 Å². The van der Waals surface area contributed by atoms with Crippen molar-refractivity contribution in [2.75, 3.05) is 17.6 Å². The van der Waals surface area contributed by atoms with Gasteiger partial charge in [0.1, 0.15) is 23.4 Å². The molecule has 214 valence electrons. The van der Waals surface area contributed by atoms with Gasteiger partial charge in [-0.3, -0.25) is 9.59 Å². The van der Waals surface area contributed by atoms with Crippen molar-refractivity contribution in [2.45, 2.75) is 78.0 Å². The van der Waals surface area contributed by atoms with Crippen molar-refractivity contribution in [3.63, 3.8) is 0 Å². The van der Waals surface area contributed by atoms with E-state index in [1.807, 2.05) is 13.0 Å². The fraction of sp³-hybridized carbons (Fsp3) is 0.483. The maximum absolute atomic E-state index is 14.0. The number of ether oxygens (including phenoxy) is 1. The van der Waals surface area contributed by atoms with Gasteiger partial charge in [-0.25, -0.2) is 4.79 Å². The number of unbranched alkanes of at least 4 members (excludes halogenated alkanes) is 3. The van der Waals surface area contributed by atoms with Crippen LogP contribution in [0.5, 0.6) is 5.75 Å². The molecule has 3 N–H and O–H groups in total. The van der Waals surface area contributed by atoms with Crippen LogP contribution in [-0.4, -0.2) is 51.9 Å². The van der Waals surface area contributed by atoms with E-state index in [-0.39, 0.29) is 18.0 Å². The molecule has 8 nitrogen and oxygen atoms in total. The number of phenolic OH excluding ortho intramolecular Hbond substituents is 1. The second kappa shape index (κ2) is 15.0. The number of anilines is 1. The van der Waals surface area contributed by atoms with E-state index >= 15 is 0 Å². The molecule has 0 aromatic heterocycles. The Balaban J connectivity index is 2.50. The molecule has 0 heterocycles. The van der Waals surface area contributed by atoms with E-state index in [0.717, 1.165) is 24.8 Å². The maximum Gasteiger partial charge on any atom is 0.408 e. The van der Waals surface area contributed by atoms with Crippen molar-refractivity contribution >= 4 is 47.8 Å². The lowest BCUT2D eigenvalue weighted by Gasteiger charge is -2.34. The van der Waals surface area contributed by atoms with Gasteiger partial charge in [0, 0.05) is 12.3 Å². The normalized spacial score (nSPS) is 12.8. The lowest BCUT2D eigenvalue weighted by molar-refractivity contribution is -0.140. The number of nitrogens with one attached hydrogen (secondary N) is 2. The molecule has 0 radical (unpaired) electrons. The Labute approximate surface area is 241 Å². The highest BCUT2D eigenvalue weighted by atomic mass is 35.5. The van der Waals surface area contributed by atoms with Gasteiger partial charge < -0.3 is 25.4 Å². The fourth-order valence-corrected chi connectivity index (χ4v) is 4.54. The highest BCUT2D eigenvalue weighted by Gasteiger charge is 2.36. The zero-order valence-corrected chi connectivity index (χ0v) is 24.9. The number of aryl methyl sites for hydroxylation is 1. The van der Waals surface area contributed by atoms with Crippen molar-refractivity contribution in [3.05, 3.63) is 58.6 Å². The SMILES string of the molecule is CCCCCCN(C(=O)C(CS)NC(=O)OC(C)(C)C)C(C(=O)Nc1c(C)cccc1Cl)c1ccc(O)cc1. The van der Waals surface area contributed by atoms with Gasteiger partial charge in [0.05, 0.1) is 10.7 Å². The molecule has 2 unspecified atom stereocenters. The Kier molecular flexibility index (Phi) is 12.4. The number of hydrogen-bond donors (Lipinski definition) is 4. The molecule has 0 bridgehead atoms. The summed E-state index contributed by atoms with van der Waals surface area (Å²) in [6.45, 7) is 9.36. The fourth-order valence-electron chi connectivity index (χ4n) is 4.02. The van der Waals surface area contributed by atoms with Crippen molar-refractivity contribution < 1.29 is 24.2 Å². The van der Waals surface area contributed by atoms with Crippen LogP contribution < -0.4 is 10.6 Å². The number of aromatic hydroxyl groups is 1. The van der Waals surface area contributed by atoms with Crippen LogP contribution in [0.15, 0.2) is 42.5 Å². The number of alkyl carbamates (subject to hydrolysis) is 1. The third-order valence-corrected chi connectivity index (χ3v) is 6.63. The van der Waals surface area contributed by atoms with Crippen molar-refractivity contribution in [1.29, 1.82) is 0 Å². The van der Waals surface area contributed by atoms with Crippen LogP contribution in [0, 0.1) is 6.92 Å². The number of carbonyl (C=O) groups is 3. The molecule has 0 saturated heterocycles. The second-order valence-corrected chi connectivity index (χ2v) is 11.2. The third kappa shape index (κ3) is 9.97. The number of para-hydroxylation sites is 1. The van der Waals surface area contributed by atoms with Crippen LogP contribution >= 0.6 is 24.2 Å². The van der Waals surface area contributed by atoms with Gasteiger partial charge >= 0.3 is 6.09 Å². The minimum absolute atomic E-state index is 0.00290. The van der Waals surface area contributed by atoms with E-state index in [1.54, 1.807) is 45.0 Å². The first kappa shape index (κ1) is 32.3. The standard InChI is InChI=1S/C29H40ClN3O5S/c1-6-7-8-9-17-33(27(36)23(18-39)31-28(37)38-29(3,4)5)25(20-13-15-21(34)16-14-20)26(35)32-24-19(2)11-10-12-22(24)30/h10-16,23,25,34,39H,6-9,17-18H2,1-5H3,(H,31,37)(H,32,35). The van der Waals surface area contributed by atoms with Crippen LogP contribution in [0.4, 0.5) is 10.5 Å². The summed E-state index contributed by atoms with van der Waals surface area (Å²) < 4.78 is 5.35. The van der Waals surface area contributed by atoms with Gasteiger partial charge in [0.25, 0.3) is 5.91 Å². The van der Waals surface area contributed by atoms with Crippen molar-refractivity contribution in [2.24, 2.45) is 0 Å². The minimum atomic E-state index is -1.07. The average Bonchev–Trinajstić information content (AvgIpc) is 2.86. The monoisotopic (exact) mass is 577 g/mol. The molecule has 10 heteroatoms. The van der Waals surface area contributed by atoms with E-state index in [9.17, 15) is 19.5 Å². The van der Waals surface area contributed by atoms with Gasteiger partial charge in [-0.1, -0.05) is 62.1 Å². The summed E-state index contributed by atoms with van der Waals surface area (Å²) in [4.78, 5) is 41.8. The number of benzene rings is 2. The molecule has 2 aromatic carbocycles. The molecule has 0 aliphatic carbocycles. The number of thiol groups is 1. The molecule has 0 aliphatic heterocycles. The van der Waals surface area contributed by atoms with Crippen LogP contribution in [0.2, 0.25) is 5.02 Å². The number of rotatable bonds is 12. The highest BCUT2D eigenvalue weighted by molar-refractivity contribution is 7.80. The summed E-state index contributed by atoms with van der Waals surface area (Å²) >= 11 is 10.7. The average molecular weight is 578 g/mol. The summed E-state index contributed by atoms with van der Waals surface area (Å²) in [5, 5.41) is 15.8. The first-order chi connectivity index (χ1) is 18.4. The summed E-state index contributed by atoms with van der Waals surface area (Å²) in [5.74, 6) is -0.926. The van der Waals surface area contributed by atoms with Crippen LogP contribution in [0.3, 0.4) is 0 Å². The van der Waals surface area contributed by atoms with Gasteiger partial charge in [-0.15, -0.1) is 0 Å². The topological polar surface area (TPSA) is 108 Å². The first-order valence-electron chi connectivity index (χ1n) is 13.1. The Hall–Kier alpha value is -2.91. The largest absolute Gasteiger partial charge is 0.508 e. The number of carbonyl (C=O) groups excluding carboxylic acids is 3. The Bertz CT molecular complexity index is 1100. The molecular weight excluding hydrogens is 538 g/mol. The summed E-state index contributed by atoms with van der Waals surface area (Å²) in [6.07, 6.45) is 2.74. The predicted molar refractivity (Wildman–Crippen MR) is 159 cm³/mol. The second-order valence-electron chi connectivity index (χ2n) is 10.4.